The summed E-state index contributed by atoms with van der Waals surface area (Å²) in [7, 11) is 0. The minimum atomic E-state index is -1.99. The second kappa shape index (κ2) is 14.9. The van der Waals surface area contributed by atoms with Crippen LogP contribution in [-0.4, -0.2) is 82.4 Å². The summed E-state index contributed by atoms with van der Waals surface area (Å²) >= 11 is 0. The quantitative estimate of drug-likeness (QED) is 0.316. The summed E-state index contributed by atoms with van der Waals surface area (Å²) in [6.45, 7) is 5.22. The molecule has 4 fully saturated rings. The summed E-state index contributed by atoms with van der Waals surface area (Å²) in [6.07, 6.45) is 9.22. The number of ether oxygens (including phenoxy) is 1. The molecule has 1 aromatic heterocycles. The number of aromatic nitrogens is 2. The number of hydrogen-bond acceptors (Lipinski definition) is 6. The molecule has 3 N–H and O–H groups in total. The van der Waals surface area contributed by atoms with Gasteiger partial charge < -0.3 is 25.6 Å². The largest absolute Gasteiger partial charge is 0.378 e. The van der Waals surface area contributed by atoms with E-state index in [0.29, 0.717) is 43.5 Å². The van der Waals surface area contributed by atoms with Gasteiger partial charge >= 0.3 is 0 Å². The molecule has 1 aliphatic heterocycles. The lowest BCUT2D eigenvalue weighted by molar-refractivity contribution is -0.141. The van der Waals surface area contributed by atoms with E-state index in [-0.39, 0.29) is 42.3 Å². The Bertz CT molecular complexity index is 1530. The van der Waals surface area contributed by atoms with Crippen LogP contribution in [0.1, 0.15) is 106 Å². The molecular formula is C36H48F2N6O5. The number of rotatable bonds is 11. The fourth-order valence-electron chi connectivity index (χ4n) is 7.47. The molecule has 3 aliphatic carbocycles. The van der Waals surface area contributed by atoms with Gasteiger partial charge in [-0.05, 0) is 74.1 Å². The zero-order valence-corrected chi connectivity index (χ0v) is 28.4. The van der Waals surface area contributed by atoms with Crippen molar-refractivity contribution in [3.63, 3.8) is 0 Å². The number of hydrogen-bond donors (Lipinski definition) is 3. The van der Waals surface area contributed by atoms with Crippen LogP contribution >= 0.6 is 0 Å². The molecule has 1 aromatic carbocycles. The number of halogens is 2. The molecule has 49 heavy (non-hydrogen) atoms. The molecule has 13 heteroatoms. The third-order valence-corrected chi connectivity index (χ3v) is 10.9. The summed E-state index contributed by atoms with van der Waals surface area (Å²) in [6, 6.07) is 4.06. The van der Waals surface area contributed by atoms with Crippen molar-refractivity contribution >= 4 is 29.3 Å². The molecule has 6 rings (SSSR count). The Morgan fingerprint density at radius 1 is 0.980 bits per heavy atom. The monoisotopic (exact) mass is 682 g/mol. The summed E-state index contributed by atoms with van der Waals surface area (Å²) in [5, 5.41) is 12.7. The molecule has 0 radical (unpaired) electrons. The van der Waals surface area contributed by atoms with Crippen molar-refractivity contribution in [3.8, 4) is 0 Å². The smallest absolute Gasteiger partial charge is 0.270 e. The Balaban J connectivity index is 1.18. The standard InChI is InChI=1S/C36H48F2N6O5/c1-22-7-9-24(10-8-22)31(41-32(45)29-13-16-39-44(29)26-5-3-4-6-26)33(46)40-28-12-11-25(21-27(28)37)23(2)30(42-35(48)36(38)14-15-36)34(47)43-17-19-49-20-18-43/h11-13,16,21-24,26,30-31H,3-10,14-15,17-20H2,1-2H3,(H,40,46)(H,41,45)(H,42,48)/t22?,23-,24?,30+,31-/m0/s1. The number of alkyl halides is 1. The van der Waals surface area contributed by atoms with Crippen LogP contribution < -0.4 is 16.0 Å². The molecule has 0 bridgehead atoms. The van der Waals surface area contributed by atoms with Gasteiger partial charge in [0.25, 0.3) is 11.8 Å². The first kappa shape index (κ1) is 35.0. The topological polar surface area (TPSA) is 135 Å². The van der Waals surface area contributed by atoms with Gasteiger partial charge in [-0.15, -0.1) is 0 Å². The van der Waals surface area contributed by atoms with Crippen molar-refractivity contribution in [3.05, 3.63) is 47.5 Å². The third kappa shape index (κ3) is 7.97. The molecule has 0 spiro atoms. The molecule has 266 valence electrons. The van der Waals surface area contributed by atoms with Crippen molar-refractivity contribution < 1.29 is 32.7 Å². The van der Waals surface area contributed by atoms with Crippen molar-refractivity contribution in [2.75, 3.05) is 31.6 Å². The van der Waals surface area contributed by atoms with Crippen LogP contribution in [-0.2, 0) is 19.1 Å². The predicted molar refractivity (Wildman–Crippen MR) is 178 cm³/mol. The van der Waals surface area contributed by atoms with E-state index in [0.717, 1.165) is 51.4 Å². The van der Waals surface area contributed by atoms with Crippen LogP contribution in [0.25, 0.3) is 0 Å². The lowest BCUT2D eigenvalue weighted by Crippen LogP contribution is -2.55. The van der Waals surface area contributed by atoms with Crippen molar-refractivity contribution in [1.82, 2.24) is 25.3 Å². The average molecular weight is 683 g/mol. The number of morpholine rings is 1. The first-order valence-electron chi connectivity index (χ1n) is 17.8. The lowest BCUT2D eigenvalue weighted by atomic mass is 9.79. The highest BCUT2D eigenvalue weighted by atomic mass is 19.1. The molecule has 2 heterocycles. The highest BCUT2D eigenvalue weighted by Crippen LogP contribution is 2.40. The van der Waals surface area contributed by atoms with Crippen LogP contribution in [0.15, 0.2) is 30.5 Å². The SMILES string of the molecule is CC1CCC([C@H](NC(=O)c2ccnn2C2CCCC2)C(=O)Nc2ccc([C@H](C)[C@@H](NC(=O)C3(F)CC3)C(=O)N3CCOCC3)cc2F)CC1. The Morgan fingerprint density at radius 2 is 1.67 bits per heavy atom. The van der Waals surface area contributed by atoms with Gasteiger partial charge in [0.2, 0.25) is 11.8 Å². The van der Waals surface area contributed by atoms with E-state index in [1.807, 2.05) is 0 Å². The third-order valence-electron chi connectivity index (χ3n) is 10.9. The molecule has 4 aliphatic rings. The van der Waals surface area contributed by atoms with Crippen LogP contribution in [0.2, 0.25) is 0 Å². The molecule has 1 saturated heterocycles. The highest BCUT2D eigenvalue weighted by Gasteiger charge is 2.52. The summed E-state index contributed by atoms with van der Waals surface area (Å²) in [4.78, 5) is 55.3. The minimum Gasteiger partial charge on any atom is -0.378 e. The number of carbonyl (C=O) groups is 4. The zero-order chi connectivity index (χ0) is 34.7. The number of carbonyl (C=O) groups excluding carboxylic acids is 4. The van der Waals surface area contributed by atoms with Gasteiger partial charge in [-0.1, -0.05) is 45.6 Å². The van der Waals surface area contributed by atoms with Crippen molar-refractivity contribution in [2.45, 2.75) is 108 Å². The Hall–Kier alpha value is -3.87. The average Bonchev–Trinajstić information content (AvgIpc) is 3.44. The van der Waals surface area contributed by atoms with E-state index in [2.05, 4.69) is 28.0 Å². The number of nitrogens with zero attached hydrogens (tertiary/aromatic N) is 3. The fourth-order valence-corrected chi connectivity index (χ4v) is 7.47. The van der Waals surface area contributed by atoms with E-state index < -0.39 is 41.3 Å². The molecule has 0 unspecified atom stereocenters. The summed E-state index contributed by atoms with van der Waals surface area (Å²) in [5.41, 5.74) is -1.24. The Kier molecular flexibility index (Phi) is 10.7. The summed E-state index contributed by atoms with van der Waals surface area (Å²) in [5.74, 6) is -3.15. The van der Waals surface area contributed by atoms with Crippen LogP contribution in [0.3, 0.4) is 0 Å². The second-order valence-corrected chi connectivity index (χ2v) is 14.4. The van der Waals surface area contributed by atoms with E-state index in [1.165, 1.54) is 12.1 Å². The molecule has 3 saturated carbocycles. The maximum Gasteiger partial charge on any atom is 0.270 e. The molecule has 11 nitrogen and oxygen atoms in total. The summed E-state index contributed by atoms with van der Waals surface area (Å²) < 4.78 is 37.5. The molecule has 2 aromatic rings. The van der Waals surface area contributed by atoms with Gasteiger partial charge in [0.15, 0.2) is 5.67 Å². The molecular weight excluding hydrogens is 634 g/mol. The number of benzene rings is 1. The van der Waals surface area contributed by atoms with Crippen LogP contribution in [0.5, 0.6) is 0 Å². The van der Waals surface area contributed by atoms with Crippen LogP contribution in [0.4, 0.5) is 14.5 Å². The first-order chi connectivity index (χ1) is 23.5. The van der Waals surface area contributed by atoms with Gasteiger partial charge in [-0.25, -0.2) is 8.78 Å². The van der Waals surface area contributed by atoms with Crippen molar-refractivity contribution in [2.24, 2.45) is 11.8 Å². The second-order valence-electron chi connectivity index (χ2n) is 14.4. The molecule has 4 amide bonds. The maximum atomic E-state index is 15.7. The van der Waals surface area contributed by atoms with Gasteiger partial charge in [-0.2, -0.15) is 5.10 Å². The van der Waals surface area contributed by atoms with Crippen molar-refractivity contribution in [1.29, 1.82) is 0 Å². The zero-order valence-electron chi connectivity index (χ0n) is 28.4. The van der Waals surface area contributed by atoms with Gasteiger partial charge in [0.05, 0.1) is 24.9 Å². The highest BCUT2D eigenvalue weighted by molar-refractivity contribution is 6.01. The predicted octanol–water partition coefficient (Wildman–Crippen LogP) is 4.65. The number of nitrogens with one attached hydrogen (secondary N) is 3. The molecule has 3 atom stereocenters. The normalized spacial score (nSPS) is 24.0. The number of anilines is 1. The van der Waals surface area contributed by atoms with E-state index in [1.54, 1.807) is 34.8 Å². The fraction of sp³-hybridized carbons (Fsp3) is 0.639. The van der Waals surface area contributed by atoms with E-state index in [9.17, 15) is 23.6 Å². The Labute approximate surface area is 285 Å². The van der Waals surface area contributed by atoms with E-state index >= 15 is 4.39 Å². The lowest BCUT2D eigenvalue weighted by Gasteiger charge is -2.33. The van der Waals surface area contributed by atoms with Gasteiger partial charge in [0.1, 0.15) is 23.6 Å². The Morgan fingerprint density at radius 3 is 2.33 bits per heavy atom. The van der Waals surface area contributed by atoms with Crippen LogP contribution in [0, 0.1) is 17.7 Å². The maximum absolute atomic E-state index is 15.7. The number of amides is 4. The van der Waals surface area contributed by atoms with Gasteiger partial charge in [0, 0.05) is 25.2 Å². The van der Waals surface area contributed by atoms with E-state index in [4.69, 9.17) is 4.74 Å². The first-order valence-corrected chi connectivity index (χ1v) is 17.8. The minimum absolute atomic E-state index is 0.0684. The van der Waals surface area contributed by atoms with Gasteiger partial charge in [-0.3, -0.25) is 23.9 Å².